The summed E-state index contributed by atoms with van der Waals surface area (Å²) in [5, 5.41) is 2.99. The lowest BCUT2D eigenvalue weighted by Gasteiger charge is -2.20. The average molecular weight is 247 g/mol. The van der Waals surface area contributed by atoms with E-state index in [1.165, 1.54) is 5.56 Å². The summed E-state index contributed by atoms with van der Waals surface area (Å²) < 4.78 is 0. The van der Waals surface area contributed by atoms with Crippen molar-refractivity contribution in [3.63, 3.8) is 0 Å². The third-order valence-corrected chi connectivity index (χ3v) is 3.46. The molecule has 0 saturated carbocycles. The molecule has 98 valence electrons. The van der Waals surface area contributed by atoms with Gasteiger partial charge in [0.15, 0.2) is 0 Å². The van der Waals surface area contributed by atoms with Crippen molar-refractivity contribution in [2.45, 2.75) is 32.7 Å². The van der Waals surface area contributed by atoms with Gasteiger partial charge in [0.25, 0.3) is 0 Å². The Morgan fingerprint density at radius 2 is 2.33 bits per heavy atom. The van der Waals surface area contributed by atoms with E-state index in [0.29, 0.717) is 6.54 Å². The molecule has 1 aromatic carbocycles. The van der Waals surface area contributed by atoms with Crippen LogP contribution in [0.5, 0.6) is 0 Å². The summed E-state index contributed by atoms with van der Waals surface area (Å²) in [7, 11) is 0. The van der Waals surface area contributed by atoms with Gasteiger partial charge in [0.2, 0.25) is 5.91 Å². The Morgan fingerprint density at radius 1 is 1.56 bits per heavy atom. The van der Waals surface area contributed by atoms with Crippen molar-refractivity contribution in [3.05, 3.63) is 23.8 Å². The standard InChI is InChI=1S/C14H21N3O/c1-3-10(2)16-14(18)9-17-7-6-11-4-5-12(15)8-13(11)17/h4-5,8,10H,3,6-7,9,15H2,1-2H3,(H,16,18). The van der Waals surface area contributed by atoms with Crippen LogP contribution >= 0.6 is 0 Å². The second-order valence-corrected chi connectivity index (χ2v) is 4.94. The normalized spacial score (nSPS) is 15.3. The van der Waals surface area contributed by atoms with Gasteiger partial charge in [0, 0.05) is 24.0 Å². The molecule has 2 rings (SSSR count). The van der Waals surface area contributed by atoms with Crippen LogP contribution in [-0.4, -0.2) is 25.0 Å². The molecule has 0 aromatic heterocycles. The minimum atomic E-state index is 0.0830. The number of fused-ring (bicyclic) bond motifs is 1. The van der Waals surface area contributed by atoms with Gasteiger partial charge in [-0.05, 0) is 37.5 Å². The fourth-order valence-corrected chi connectivity index (χ4v) is 2.22. The Hall–Kier alpha value is -1.71. The molecular formula is C14H21N3O. The van der Waals surface area contributed by atoms with Crippen molar-refractivity contribution in [1.82, 2.24) is 5.32 Å². The lowest BCUT2D eigenvalue weighted by Crippen LogP contribution is -2.40. The third kappa shape index (κ3) is 2.75. The molecule has 0 aliphatic carbocycles. The first kappa shape index (κ1) is 12.7. The van der Waals surface area contributed by atoms with Gasteiger partial charge in [-0.1, -0.05) is 13.0 Å². The highest BCUT2D eigenvalue weighted by Crippen LogP contribution is 2.29. The summed E-state index contributed by atoms with van der Waals surface area (Å²) in [4.78, 5) is 14.0. The van der Waals surface area contributed by atoms with E-state index in [-0.39, 0.29) is 11.9 Å². The van der Waals surface area contributed by atoms with E-state index in [2.05, 4.69) is 23.2 Å². The SMILES string of the molecule is CCC(C)NC(=O)CN1CCc2ccc(N)cc21. The number of nitrogens with two attached hydrogens (primary N) is 1. The van der Waals surface area contributed by atoms with Gasteiger partial charge in [0.1, 0.15) is 0 Å². The number of carbonyl (C=O) groups is 1. The lowest BCUT2D eigenvalue weighted by atomic mass is 10.1. The summed E-state index contributed by atoms with van der Waals surface area (Å²) >= 11 is 0. The Morgan fingerprint density at radius 3 is 3.06 bits per heavy atom. The zero-order valence-electron chi connectivity index (χ0n) is 11.1. The van der Waals surface area contributed by atoms with Crippen molar-refractivity contribution in [3.8, 4) is 0 Å². The Labute approximate surface area is 108 Å². The first-order chi connectivity index (χ1) is 8.60. The molecule has 1 aliphatic heterocycles. The first-order valence-corrected chi connectivity index (χ1v) is 6.53. The molecule has 0 saturated heterocycles. The van der Waals surface area contributed by atoms with E-state index in [1.807, 2.05) is 19.1 Å². The second kappa shape index (κ2) is 5.29. The fourth-order valence-electron chi connectivity index (χ4n) is 2.22. The number of hydrogen-bond donors (Lipinski definition) is 2. The lowest BCUT2D eigenvalue weighted by molar-refractivity contribution is -0.120. The summed E-state index contributed by atoms with van der Waals surface area (Å²) in [5.41, 5.74) is 8.94. The van der Waals surface area contributed by atoms with Crippen molar-refractivity contribution in [2.75, 3.05) is 23.7 Å². The number of nitrogen functional groups attached to an aromatic ring is 1. The average Bonchev–Trinajstić information content (AvgIpc) is 2.71. The third-order valence-electron chi connectivity index (χ3n) is 3.46. The number of carbonyl (C=O) groups excluding carboxylic acids is 1. The largest absolute Gasteiger partial charge is 0.399 e. The first-order valence-electron chi connectivity index (χ1n) is 6.53. The number of anilines is 2. The zero-order chi connectivity index (χ0) is 13.1. The number of rotatable bonds is 4. The minimum Gasteiger partial charge on any atom is -0.399 e. The molecule has 1 aliphatic rings. The smallest absolute Gasteiger partial charge is 0.239 e. The predicted octanol–water partition coefficient (Wildman–Crippen LogP) is 1.55. The van der Waals surface area contributed by atoms with E-state index < -0.39 is 0 Å². The Balaban J connectivity index is 2.01. The number of amides is 1. The van der Waals surface area contributed by atoms with E-state index in [0.717, 1.165) is 30.8 Å². The molecule has 4 nitrogen and oxygen atoms in total. The van der Waals surface area contributed by atoms with Crippen molar-refractivity contribution < 1.29 is 4.79 Å². The van der Waals surface area contributed by atoms with Gasteiger partial charge in [-0.3, -0.25) is 4.79 Å². The molecule has 3 N–H and O–H groups in total. The van der Waals surface area contributed by atoms with Crippen molar-refractivity contribution in [1.29, 1.82) is 0 Å². The van der Waals surface area contributed by atoms with Crippen LogP contribution in [0.15, 0.2) is 18.2 Å². The number of nitrogens with zero attached hydrogens (tertiary/aromatic N) is 1. The maximum absolute atomic E-state index is 11.9. The molecule has 1 aromatic rings. The summed E-state index contributed by atoms with van der Waals surface area (Å²) in [5.74, 6) is 0.0830. The maximum Gasteiger partial charge on any atom is 0.239 e. The van der Waals surface area contributed by atoms with Crippen LogP contribution in [0.25, 0.3) is 0 Å². The zero-order valence-corrected chi connectivity index (χ0v) is 11.1. The molecular weight excluding hydrogens is 226 g/mol. The molecule has 1 heterocycles. The van der Waals surface area contributed by atoms with Crippen LogP contribution in [0, 0.1) is 0 Å². The topological polar surface area (TPSA) is 58.4 Å². The van der Waals surface area contributed by atoms with Gasteiger partial charge in [0.05, 0.1) is 6.54 Å². The van der Waals surface area contributed by atoms with Crippen LogP contribution in [0.1, 0.15) is 25.8 Å². The van der Waals surface area contributed by atoms with Crippen LogP contribution in [0.3, 0.4) is 0 Å². The van der Waals surface area contributed by atoms with Crippen LogP contribution in [0.4, 0.5) is 11.4 Å². The highest BCUT2D eigenvalue weighted by Gasteiger charge is 2.21. The molecule has 1 unspecified atom stereocenters. The van der Waals surface area contributed by atoms with Gasteiger partial charge in [-0.2, -0.15) is 0 Å². The van der Waals surface area contributed by atoms with Gasteiger partial charge in [-0.25, -0.2) is 0 Å². The molecule has 1 amide bonds. The molecule has 18 heavy (non-hydrogen) atoms. The van der Waals surface area contributed by atoms with Crippen LogP contribution in [-0.2, 0) is 11.2 Å². The monoisotopic (exact) mass is 247 g/mol. The van der Waals surface area contributed by atoms with Crippen LogP contribution < -0.4 is 16.0 Å². The number of nitrogens with one attached hydrogen (secondary N) is 1. The molecule has 0 radical (unpaired) electrons. The molecule has 0 bridgehead atoms. The second-order valence-electron chi connectivity index (χ2n) is 4.94. The van der Waals surface area contributed by atoms with E-state index in [1.54, 1.807) is 0 Å². The highest BCUT2D eigenvalue weighted by molar-refractivity contribution is 5.83. The molecule has 1 atom stereocenters. The van der Waals surface area contributed by atoms with Crippen LogP contribution in [0.2, 0.25) is 0 Å². The molecule has 4 heteroatoms. The van der Waals surface area contributed by atoms with E-state index in [4.69, 9.17) is 5.73 Å². The van der Waals surface area contributed by atoms with Gasteiger partial charge < -0.3 is 16.0 Å². The summed E-state index contributed by atoms with van der Waals surface area (Å²) in [6.45, 7) is 5.40. The van der Waals surface area contributed by atoms with Gasteiger partial charge >= 0.3 is 0 Å². The maximum atomic E-state index is 11.9. The Bertz CT molecular complexity index is 445. The molecule has 0 spiro atoms. The van der Waals surface area contributed by atoms with Gasteiger partial charge in [-0.15, -0.1) is 0 Å². The number of benzene rings is 1. The highest BCUT2D eigenvalue weighted by atomic mass is 16.2. The van der Waals surface area contributed by atoms with Crippen molar-refractivity contribution >= 4 is 17.3 Å². The predicted molar refractivity (Wildman–Crippen MR) is 74.7 cm³/mol. The quantitative estimate of drug-likeness (QED) is 0.794. The van der Waals surface area contributed by atoms with E-state index >= 15 is 0 Å². The fraction of sp³-hybridized carbons (Fsp3) is 0.500. The Kier molecular flexibility index (Phi) is 3.75. The number of hydrogen-bond acceptors (Lipinski definition) is 3. The summed E-state index contributed by atoms with van der Waals surface area (Å²) in [6.07, 6.45) is 1.95. The molecule has 0 fully saturated rings. The van der Waals surface area contributed by atoms with E-state index in [9.17, 15) is 4.79 Å². The minimum absolute atomic E-state index is 0.0830. The van der Waals surface area contributed by atoms with Crippen molar-refractivity contribution in [2.24, 2.45) is 0 Å². The summed E-state index contributed by atoms with van der Waals surface area (Å²) in [6, 6.07) is 6.16.